The number of para-hydroxylation sites is 1. The highest BCUT2D eigenvalue weighted by atomic mass is 32.2. The third-order valence-corrected chi connectivity index (χ3v) is 6.23. The van der Waals surface area contributed by atoms with Crippen molar-refractivity contribution in [3.05, 3.63) is 65.9 Å². The van der Waals surface area contributed by atoms with Crippen LogP contribution in [0.15, 0.2) is 59.5 Å². The lowest BCUT2D eigenvalue weighted by Gasteiger charge is -2.09. The molecule has 0 saturated heterocycles. The van der Waals surface area contributed by atoms with Crippen molar-refractivity contribution in [2.24, 2.45) is 0 Å². The maximum atomic E-state index is 12.8. The summed E-state index contributed by atoms with van der Waals surface area (Å²) in [5, 5.41) is 7.80. The summed E-state index contributed by atoms with van der Waals surface area (Å²) >= 11 is 1.45. The van der Waals surface area contributed by atoms with E-state index in [-0.39, 0.29) is 10.5 Å². The number of carbonyl (C=O) groups is 1. The number of thiazole rings is 1. The number of hydrogen-bond acceptors (Lipinski definition) is 6. The van der Waals surface area contributed by atoms with Crippen molar-refractivity contribution in [1.82, 2.24) is 14.8 Å². The van der Waals surface area contributed by atoms with Crippen LogP contribution in [0.4, 0.5) is 5.82 Å². The van der Waals surface area contributed by atoms with E-state index in [1.54, 1.807) is 22.9 Å². The number of amides is 1. The number of aryl methyl sites for hydroxylation is 1. The van der Waals surface area contributed by atoms with E-state index in [1.807, 2.05) is 31.2 Å². The molecular weight excluding hydrogens is 396 g/mol. The molecule has 1 N–H and O–H groups in total. The molecule has 2 aromatic heterocycles. The molecule has 0 atom stereocenters. The fourth-order valence-electron chi connectivity index (χ4n) is 2.85. The van der Waals surface area contributed by atoms with E-state index in [0.717, 1.165) is 16.5 Å². The SMILES string of the molecule is Cc1cc(NC(=O)c2ccccc2S(C)(=O)=O)n(-c2nc3ccccc3s2)n1. The number of benzene rings is 2. The zero-order valence-corrected chi connectivity index (χ0v) is 16.7. The highest BCUT2D eigenvalue weighted by molar-refractivity contribution is 7.90. The van der Waals surface area contributed by atoms with Crippen LogP contribution in [0.5, 0.6) is 0 Å². The number of sulfone groups is 1. The Morgan fingerprint density at radius 3 is 2.57 bits per heavy atom. The predicted octanol–water partition coefficient (Wildman–Crippen LogP) is 3.45. The number of fused-ring (bicyclic) bond motifs is 1. The highest BCUT2D eigenvalue weighted by Gasteiger charge is 2.20. The molecule has 28 heavy (non-hydrogen) atoms. The number of rotatable bonds is 4. The average molecular weight is 412 g/mol. The summed E-state index contributed by atoms with van der Waals surface area (Å²) in [5.41, 5.74) is 1.63. The Morgan fingerprint density at radius 1 is 1.11 bits per heavy atom. The monoisotopic (exact) mass is 412 g/mol. The first kappa shape index (κ1) is 18.3. The lowest BCUT2D eigenvalue weighted by Crippen LogP contribution is -2.18. The minimum Gasteiger partial charge on any atom is -0.306 e. The lowest BCUT2D eigenvalue weighted by molar-refractivity contribution is 0.102. The van der Waals surface area contributed by atoms with Gasteiger partial charge in [-0.05, 0) is 31.2 Å². The molecule has 0 spiro atoms. The summed E-state index contributed by atoms with van der Waals surface area (Å²) < 4.78 is 26.6. The molecule has 1 amide bonds. The number of hydrogen-bond donors (Lipinski definition) is 1. The Morgan fingerprint density at radius 2 is 1.82 bits per heavy atom. The standard InChI is InChI=1S/C19H16N4O3S2/c1-12-11-17(21-18(24)13-7-3-6-10-16(13)28(2,25)26)23(22-12)19-20-14-8-4-5-9-15(14)27-19/h3-11H,1-2H3,(H,21,24). The topological polar surface area (TPSA) is 94.0 Å². The molecule has 2 aromatic carbocycles. The quantitative estimate of drug-likeness (QED) is 0.554. The fraction of sp³-hybridized carbons (Fsp3) is 0.105. The second kappa shape index (κ2) is 6.84. The van der Waals surface area contributed by atoms with E-state index >= 15 is 0 Å². The van der Waals surface area contributed by atoms with Crippen molar-refractivity contribution < 1.29 is 13.2 Å². The lowest BCUT2D eigenvalue weighted by atomic mass is 10.2. The van der Waals surface area contributed by atoms with Gasteiger partial charge in [0.2, 0.25) is 5.13 Å². The molecule has 9 heteroatoms. The molecule has 7 nitrogen and oxygen atoms in total. The molecule has 0 bridgehead atoms. The molecule has 2 heterocycles. The molecule has 142 valence electrons. The van der Waals surface area contributed by atoms with Crippen LogP contribution in [0.25, 0.3) is 15.3 Å². The number of carbonyl (C=O) groups excluding carboxylic acids is 1. The first-order valence-corrected chi connectivity index (χ1v) is 11.1. The Hall–Kier alpha value is -3.04. The summed E-state index contributed by atoms with van der Waals surface area (Å²) in [6.07, 6.45) is 1.08. The Labute approximate surface area is 165 Å². The zero-order valence-electron chi connectivity index (χ0n) is 15.1. The first-order chi connectivity index (χ1) is 13.3. The van der Waals surface area contributed by atoms with Crippen LogP contribution < -0.4 is 5.32 Å². The third kappa shape index (κ3) is 3.41. The summed E-state index contributed by atoms with van der Waals surface area (Å²) in [6, 6.07) is 15.5. The average Bonchev–Trinajstić information content (AvgIpc) is 3.24. The van der Waals surface area contributed by atoms with E-state index in [4.69, 9.17) is 0 Å². The van der Waals surface area contributed by atoms with Crippen LogP contribution in [0, 0.1) is 6.92 Å². The van der Waals surface area contributed by atoms with Gasteiger partial charge >= 0.3 is 0 Å². The summed E-state index contributed by atoms with van der Waals surface area (Å²) in [7, 11) is -3.54. The molecule has 0 saturated carbocycles. The minimum absolute atomic E-state index is 0.0183. The molecule has 4 rings (SSSR count). The predicted molar refractivity (Wildman–Crippen MR) is 109 cm³/mol. The maximum Gasteiger partial charge on any atom is 0.258 e. The summed E-state index contributed by atoms with van der Waals surface area (Å²) in [6.45, 7) is 1.81. The minimum atomic E-state index is -3.54. The number of aromatic nitrogens is 3. The second-order valence-corrected chi connectivity index (χ2v) is 9.26. The fourth-order valence-corrected chi connectivity index (χ4v) is 4.66. The van der Waals surface area contributed by atoms with Gasteiger partial charge in [-0.15, -0.1) is 0 Å². The second-order valence-electron chi connectivity index (χ2n) is 6.27. The van der Waals surface area contributed by atoms with Crippen molar-refractivity contribution in [2.45, 2.75) is 11.8 Å². The van der Waals surface area contributed by atoms with Gasteiger partial charge < -0.3 is 5.32 Å². The summed E-state index contributed by atoms with van der Waals surface area (Å²) in [5.74, 6) is -0.104. The van der Waals surface area contributed by atoms with E-state index in [2.05, 4.69) is 15.4 Å². The number of anilines is 1. The van der Waals surface area contributed by atoms with Crippen LogP contribution in [0.1, 0.15) is 16.1 Å². The zero-order chi connectivity index (χ0) is 19.9. The molecular formula is C19H16N4O3S2. The van der Waals surface area contributed by atoms with Crippen LogP contribution in [-0.2, 0) is 9.84 Å². The van der Waals surface area contributed by atoms with E-state index in [1.165, 1.54) is 23.5 Å². The molecule has 0 unspecified atom stereocenters. The van der Waals surface area contributed by atoms with Crippen molar-refractivity contribution in [1.29, 1.82) is 0 Å². The van der Waals surface area contributed by atoms with E-state index < -0.39 is 15.7 Å². The first-order valence-electron chi connectivity index (χ1n) is 8.36. The molecule has 0 aliphatic carbocycles. The van der Waals surface area contributed by atoms with Crippen LogP contribution in [0.3, 0.4) is 0 Å². The number of nitrogens with one attached hydrogen (secondary N) is 1. The van der Waals surface area contributed by atoms with Crippen molar-refractivity contribution in [2.75, 3.05) is 11.6 Å². The van der Waals surface area contributed by atoms with Gasteiger partial charge in [-0.3, -0.25) is 4.79 Å². The highest BCUT2D eigenvalue weighted by Crippen LogP contribution is 2.27. The Balaban J connectivity index is 1.73. The molecule has 0 fully saturated rings. The van der Waals surface area contributed by atoms with Crippen LogP contribution >= 0.6 is 11.3 Å². The van der Waals surface area contributed by atoms with E-state index in [0.29, 0.717) is 16.6 Å². The van der Waals surface area contributed by atoms with Gasteiger partial charge in [0.05, 0.1) is 26.4 Å². The largest absolute Gasteiger partial charge is 0.306 e. The van der Waals surface area contributed by atoms with Crippen LogP contribution in [0.2, 0.25) is 0 Å². The van der Waals surface area contributed by atoms with Gasteiger partial charge in [-0.25, -0.2) is 13.4 Å². The van der Waals surface area contributed by atoms with Crippen molar-refractivity contribution in [3.8, 4) is 5.13 Å². The van der Waals surface area contributed by atoms with Gasteiger partial charge in [0.1, 0.15) is 5.82 Å². The molecule has 0 radical (unpaired) electrons. The van der Waals surface area contributed by atoms with E-state index in [9.17, 15) is 13.2 Å². The Bertz CT molecular complexity index is 1270. The van der Waals surface area contributed by atoms with Gasteiger partial charge in [0, 0.05) is 12.3 Å². The van der Waals surface area contributed by atoms with Gasteiger partial charge in [0.15, 0.2) is 9.84 Å². The molecule has 0 aliphatic heterocycles. The van der Waals surface area contributed by atoms with Crippen molar-refractivity contribution in [3.63, 3.8) is 0 Å². The normalized spacial score (nSPS) is 11.6. The van der Waals surface area contributed by atoms with Crippen molar-refractivity contribution >= 4 is 43.1 Å². The number of nitrogens with zero attached hydrogens (tertiary/aromatic N) is 3. The molecule has 0 aliphatic rings. The Kier molecular flexibility index (Phi) is 4.48. The van der Waals surface area contributed by atoms with Gasteiger partial charge in [0.25, 0.3) is 5.91 Å². The smallest absolute Gasteiger partial charge is 0.258 e. The third-order valence-electron chi connectivity index (χ3n) is 4.07. The van der Waals surface area contributed by atoms with Gasteiger partial charge in [-0.1, -0.05) is 35.6 Å². The van der Waals surface area contributed by atoms with Crippen LogP contribution in [-0.4, -0.2) is 35.3 Å². The maximum absolute atomic E-state index is 12.8. The molecule has 4 aromatic rings. The van der Waals surface area contributed by atoms with Gasteiger partial charge in [-0.2, -0.15) is 9.78 Å². The summed E-state index contributed by atoms with van der Waals surface area (Å²) in [4.78, 5) is 17.4.